The van der Waals surface area contributed by atoms with Gasteiger partial charge in [-0.25, -0.2) is 4.79 Å². The third-order valence-electron chi connectivity index (χ3n) is 2.98. The average molecular weight is 362 g/mol. The zero-order valence-electron chi connectivity index (χ0n) is 10.2. The van der Waals surface area contributed by atoms with Crippen LogP contribution in [0.25, 0.3) is 0 Å². The van der Waals surface area contributed by atoms with Crippen molar-refractivity contribution >= 4 is 28.6 Å². The summed E-state index contributed by atoms with van der Waals surface area (Å²) in [6.07, 6.45) is 0. The topological polar surface area (TPSA) is 40.0 Å². The summed E-state index contributed by atoms with van der Waals surface area (Å²) >= 11 is 2.15. The Kier molecular flexibility index (Phi) is 5.40. The summed E-state index contributed by atoms with van der Waals surface area (Å²) in [6.45, 7) is 4.94. The summed E-state index contributed by atoms with van der Waals surface area (Å²) in [5.74, 6) is -0.229. The SMILES string of the molecule is O=C(OCC[NH+]1CCOCC1)c1ccccc1I. The van der Waals surface area contributed by atoms with Gasteiger partial charge in [0.2, 0.25) is 0 Å². The van der Waals surface area contributed by atoms with Crippen LogP contribution in [-0.4, -0.2) is 45.4 Å². The first kappa shape index (κ1) is 13.8. The molecule has 1 aromatic carbocycles. The molecule has 0 amide bonds. The number of hydrogen-bond donors (Lipinski definition) is 1. The molecule has 0 radical (unpaired) electrons. The molecule has 0 spiro atoms. The minimum atomic E-state index is -0.229. The molecule has 0 unspecified atom stereocenters. The molecule has 1 aliphatic rings. The molecule has 1 heterocycles. The molecule has 98 valence electrons. The standard InChI is InChI=1S/C13H16INO3/c14-12-4-2-1-3-11(12)13(16)18-10-7-15-5-8-17-9-6-15/h1-4H,5-10H2/p+1. The van der Waals surface area contributed by atoms with Gasteiger partial charge in [-0.1, -0.05) is 12.1 Å². The van der Waals surface area contributed by atoms with E-state index in [4.69, 9.17) is 9.47 Å². The van der Waals surface area contributed by atoms with Crippen LogP contribution >= 0.6 is 22.6 Å². The van der Waals surface area contributed by atoms with E-state index in [2.05, 4.69) is 22.6 Å². The molecule has 5 heteroatoms. The highest BCUT2D eigenvalue weighted by atomic mass is 127. The predicted molar refractivity (Wildman–Crippen MR) is 75.8 cm³/mol. The summed E-state index contributed by atoms with van der Waals surface area (Å²) in [7, 11) is 0. The van der Waals surface area contributed by atoms with Crippen molar-refractivity contribution in [2.75, 3.05) is 39.5 Å². The molecule has 0 aliphatic carbocycles. The van der Waals surface area contributed by atoms with Gasteiger partial charge in [0.05, 0.1) is 18.8 Å². The number of rotatable bonds is 4. The second-order valence-electron chi connectivity index (χ2n) is 4.23. The number of carbonyl (C=O) groups is 1. The third-order valence-corrected chi connectivity index (χ3v) is 3.92. The van der Waals surface area contributed by atoms with Crippen molar-refractivity contribution in [2.45, 2.75) is 0 Å². The number of quaternary nitrogens is 1. The van der Waals surface area contributed by atoms with Gasteiger partial charge < -0.3 is 14.4 Å². The van der Waals surface area contributed by atoms with Gasteiger partial charge in [-0.15, -0.1) is 0 Å². The zero-order chi connectivity index (χ0) is 12.8. The Labute approximate surface area is 120 Å². The van der Waals surface area contributed by atoms with E-state index in [9.17, 15) is 4.79 Å². The van der Waals surface area contributed by atoms with E-state index in [0.717, 1.165) is 36.4 Å². The zero-order valence-corrected chi connectivity index (χ0v) is 12.3. The Morgan fingerprint density at radius 2 is 2.06 bits per heavy atom. The molecule has 1 aliphatic heterocycles. The van der Waals surface area contributed by atoms with Crippen molar-refractivity contribution in [3.63, 3.8) is 0 Å². The normalized spacial score (nSPS) is 16.5. The summed E-state index contributed by atoms with van der Waals surface area (Å²) < 4.78 is 11.5. The van der Waals surface area contributed by atoms with Gasteiger partial charge in [0.15, 0.2) is 0 Å². The molecule has 1 N–H and O–H groups in total. The van der Waals surface area contributed by atoms with Crippen molar-refractivity contribution in [1.29, 1.82) is 0 Å². The molecule has 1 aromatic rings. The lowest BCUT2D eigenvalue weighted by molar-refractivity contribution is -0.908. The molecular formula is C13H17INO3+. The van der Waals surface area contributed by atoms with E-state index in [0.29, 0.717) is 12.2 Å². The molecule has 4 nitrogen and oxygen atoms in total. The van der Waals surface area contributed by atoms with E-state index in [1.165, 1.54) is 4.90 Å². The van der Waals surface area contributed by atoms with Crippen LogP contribution in [0, 0.1) is 3.57 Å². The predicted octanol–water partition coefficient (Wildman–Crippen LogP) is 0.363. The van der Waals surface area contributed by atoms with E-state index in [1.54, 1.807) is 6.07 Å². The van der Waals surface area contributed by atoms with Crippen molar-refractivity contribution < 1.29 is 19.2 Å². The number of halogens is 1. The Morgan fingerprint density at radius 1 is 1.33 bits per heavy atom. The van der Waals surface area contributed by atoms with E-state index >= 15 is 0 Å². The fourth-order valence-electron chi connectivity index (χ4n) is 1.90. The van der Waals surface area contributed by atoms with E-state index < -0.39 is 0 Å². The average Bonchev–Trinajstić information content (AvgIpc) is 2.40. The Morgan fingerprint density at radius 3 is 2.78 bits per heavy atom. The number of hydrogen-bond acceptors (Lipinski definition) is 3. The van der Waals surface area contributed by atoms with Crippen LogP contribution in [0.3, 0.4) is 0 Å². The first-order valence-electron chi connectivity index (χ1n) is 6.10. The van der Waals surface area contributed by atoms with Gasteiger partial charge in [0, 0.05) is 3.57 Å². The maximum Gasteiger partial charge on any atom is 0.339 e. The highest BCUT2D eigenvalue weighted by Gasteiger charge is 2.15. The minimum Gasteiger partial charge on any atom is -0.456 e. The molecule has 1 saturated heterocycles. The maximum absolute atomic E-state index is 11.8. The van der Waals surface area contributed by atoms with Crippen LogP contribution < -0.4 is 4.90 Å². The lowest BCUT2D eigenvalue weighted by Crippen LogP contribution is -3.14. The molecule has 0 bridgehead atoms. The largest absolute Gasteiger partial charge is 0.456 e. The van der Waals surface area contributed by atoms with Crippen LogP contribution in [-0.2, 0) is 9.47 Å². The quantitative estimate of drug-likeness (QED) is 0.621. The van der Waals surface area contributed by atoms with Crippen molar-refractivity contribution in [1.82, 2.24) is 0 Å². The maximum atomic E-state index is 11.8. The lowest BCUT2D eigenvalue weighted by atomic mass is 10.2. The molecule has 18 heavy (non-hydrogen) atoms. The van der Waals surface area contributed by atoms with Gasteiger partial charge in [-0.2, -0.15) is 0 Å². The van der Waals surface area contributed by atoms with Gasteiger partial charge >= 0.3 is 5.97 Å². The third kappa shape index (κ3) is 3.93. The van der Waals surface area contributed by atoms with E-state index in [1.807, 2.05) is 18.2 Å². The second-order valence-corrected chi connectivity index (χ2v) is 5.39. The minimum absolute atomic E-state index is 0.229. The Hall–Kier alpha value is -0.660. The van der Waals surface area contributed by atoms with Crippen LogP contribution in [0.5, 0.6) is 0 Å². The van der Waals surface area contributed by atoms with Gasteiger partial charge in [0.25, 0.3) is 0 Å². The van der Waals surface area contributed by atoms with E-state index in [-0.39, 0.29) is 5.97 Å². The van der Waals surface area contributed by atoms with Crippen molar-refractivity contribution in [2.24, 2.45) is 0 Å². The monoisotopic (exact) mass is 362 g/mol. The van der Waals surface area contributed by atoms with Crippen LogP contribution in [0.1, 0.15) is 10.4 Å². The molecule has 0 aromatic heterocycles. The molecule has 0 atom stereocenters. The number of carbonyl (C=O) groups excluding carboxylic acids is 1. The summed E-state index contributed by atoms with van der Waals surface area (Å²) in [5, 5.41) is 0. The number of nitrogens with one attached hydrogen (secondary N) is 1. The van der Waals surface area contributed by atoms with Crippen LogP contribution in [0.4, 0.5) is 0 Å². The van der Waals surface area contributed by atoms with Crippen molar-refractivity contribution in [3.8, 4) is 0 Å². The highest BCUT2D eigenvalue weighted by Crippen LogP contribution is 2.12. The fourth-order valence-corrected chi connectivity index (χ4v) is 2.51. The number of ether oxygens (including phenoxy) is 2. The first-order valence-corrected chi connectivity index (χ1v) is 7.18. The second kappa shape index (κ2) is 7.06. The number of morpholine rings is 1. The smallest absolute Gasteiger partial charge is 0.339 e. The van der Waals surface area contributed by atoms with Gasteiger partial charge in [0.1, 0.15) is 26.2 Å². The number of benzene rings is 1. The summed E-state index contributed by atoms with van der Waals surface area (Å²) in [6, 6.07) is 7.47. The molecular weight excluding hydrogens is 345 g/mol. The van der Waals surface area contributed by atoms with Gasteiger partial charge in [-0.3, -0.25) is 0 Å². The number of esters is 1. The van der Waals surface area contributed by atoms with Crippen LogP contribution in [0.2, 0.25) is 0 Å². The Balaban J connectivity index is 1.76. The molecule has 2 rings (SSSR count). The van der Waals surface area contributed by atoms with Gasteiger partial charge in [-0.05, 0) is 34.7 Å². The Bertz CT molecular complexity index is 405. The lowest BCUT2D eigenvalue weighted by Gasteiger charge is -2.23. The van der Waals surface area contributed by atoms with Crippen molar-refractivity contribution in [3.05, 3.63) is 33.4 Å². The first-order chi connectivity index (χ1) is 8.77. The highest BCUT2D eigenvalue weighted by molar-refractivity contribution is 14.1. The summed E-state index contributed by atoms with van der Waals surface area (Å²) in [5.41, 5.74) is 0.648. The molecule has 0 saturated carbocycles. The summed E-state index contributed by atoms with van der Waals surface area (Å²) in [4.78, 5) is 13.3. The molecule has 1 fully saturated rings. The van der Waals surface area contributed by atoms with Crippen LogP contribution in [0.15, 0.2) is 24.3 Å². The fraction of sp³-hybridized carbons (Fsp3) is 0.462.